The van der Waals surface area contributed by atoms with Crippen LogP contribution >= 0.6 is 11.8 Å². The number of nitrogens with zero attached hydrogens (tertiary/aromatic N) is 4. The van der Waals surface area contributed by atoms with Crippen LogP contribution in [-0.2, 0) is 9.53 Å². The highest BCUT2D eigenvalue weighted by Crippen LogP contribution is 2.43. The number of benzene rings is 1. The summed E-state index contributed by atoms with van der Waals surface area (Å²) in [6.07, 6.45) is -1.56. The lowest BCUT2D eigenvalue weighted by atomic mass is 10.3. The summed E-state index contributed by atoms with van der Waals surface area (Å²) in [6.45, 7) is 2.84. The number of carbonyl (C=O) groups excluding carboxylic acids is 1. The molecule has 0 spiro atoms. The Balaban J connectivity index is 1.23. The second-order valence-corrected chi connectivity index (χ2v) is 8.09. The van der Waals surface area contributed by atoms with Gasteiger partial charge in [-0.1, -0.05) is 11.8 Å². The standard InChI is InChI=1S/C18H19F2N5O4S/c19-18(20)28-13-4-1-11(9-14(13)29-18)21-15(26)10-30-17-23-22-16(25(17)12-2-3-12)24-5-7-27-8-6-24/h1,4,9,12H,2-3,5-8,10H2,(H,21,26). The van der Waals surface area contributed by atoms with Crippen LogP contribution in [0.25, 0.3) is 0 Å². The molecule has 12 heteroatoms. The summed E-state index contributed by atoms with van der Waals surface area (Å²) >= 11 is 1.30. The van der Waals surface area contributed by atoms with Crippen LogP contribution in [0.2, 0.25) is 0 Å². The van der Waals surface area contributed by atoms with Crippen LogP contribution in [0.5, 0.6) is 11.5 Å². The summed E-state index contributed by atoms with van der Waals surface area (Å²) in [5.74, 6) is 0.456. The van der Waals surface area contributed by atoms with Gasteiger partial charge >= 0.3 is 6.29 Å². The lowest BCUT2D eigenvalue weighted by Gasteiger charge is -2.27. The Kier molecular flexibility index (Phi) is 4.89. The molecule has 0 unspecified atom stereocenters. The summed E-state index contributed by atoms with van der Waals surface area (Å²) < 4.78 is 42.5. The molecule has 160 valence electrons. The van der Waals surface area contributed by atoms with Gasteiger partial charge in [-0.15, -0.1) is 19.0 Å². The first-order valence-corrected chi connectivity index (χ1v) is 10.6. The van der Waals surface area contributed by atoms with Gasteiger partial charge in [0.15, 0.2) is 16.7 Å². The molecular formula is C18H19F2N5O4S. The van der Waals surface area contributed by atoms with E-state index < -0.39 is 6.29 Å². The second kappa shape index (κ2) is 7.58. The SMILES string of the molecule is O=C(CSc1nnc(N2CCOCC2)n1C1CC1)Nc1ccc2c(c1)OC(F)(F)O2. The fourth-order valence-corrected chi connectivity index (χ4v) is 4.15. The van der Waals surface area contributed by atoms with Crippen molar-refractivity contribution < 1.29 is 27.8 Å². The van der Waals surface area contributed by atoms with Crippen LogP contribution in [-0.4, -0.2) is 59.0 Å². The first-order valence-electron chi connectivity index (χ1n) is 9.59. The van der Waals surface area contributed by atoms with Crippen molar-refractivity contribution in [2.75, 3.05) is 42.3 Å². The second-order valence-electron chi connectivity index (χ2n) is 7.15. The molecule has 1 saturated heterocycles. The number of ether oxygens (including phenoxy) is 3. The third-order valence-electron chi connectivity index (χ3n) is 4.87. The predicted molar refractivity (Wildman–Crippen MR) is 103 cm³/mol. The maximum atomic E-state index is 13.1. The van der Waals surface area contributed by atoms with Gasteiger partial charge in [0, 0.05) is 30.9 Å². The Morgan fingerprint density at radius 3 is 2.73 bits per heavy atom. The number of morpholine rings is 1. The van der Waals surface area contributed by atoms with Crippen molar-refractivity contribution in [3.63, 3.8) is 0 Å². The van der Waals surface area contributed by atoms with Crippen molar-refractivity contribution >= 4 is 29.3 Å². The Bertz CT molecular complexity index is 962. The predicted octanol–water partition coefficient (Wildman–Crippen LogP) is 2.50. The van der Waals surface area contributed by atoms with Gasteiger partial charge in [0.2, 0.25) is 11.9 Å². The average Bonchev–Trinajstić information content (AvgIpc) is 3.39. The largest absolute Gasteiger partial charge is 0.586 e. The van der Waals surface area contributed by atoms with Crippen molar-refractivity contribution in [3.8, 4) is 11.5 Å². The van der Waals surface area contributed by atoms with E-state index in [1.165, 1.54) is 30.0 Å². The van der Waals surface area contributed by atoms with E-state index in [1.54, 1.807) is 0 Å². The molecule has 2 aromatic rings. The first-order chi connectivity index (χ1) is 14.5. The number of alkyl halides is 2. The fraction of sp³-hybridized carbons (Fsp3) is 0.500. The van der Waals surface area contributed by atoms with Gasteiger partial charge in [0.05, 0.1) is 19.0 Å². The van der Waals surface area contributed by atoms with Crippen molar-refractivity contribution in [2.45, 2.75) is 30.3 Å². The van der Waals surface area contributed by atoms with E-state index in [-0.39, 0.29) is 23.2 Å². The number of hydrogen-bond acceptors (Lipinski definition) is 8. The molecule has 0 bridgehead atoms. The molecule has 2 fully saturated rings. The molecule has 1 saturated carbocycles. The molecule has 0 atom stereocenters. The van der Waals surface area contributed by atoms with Gasteiger partial charge in [-0.3, -0.25) is 9.36 Å². The van der Waals surface area contributed by atoms with E-state index in [2.05, 4.69) is 34.5 Å². The first kappa shape index (κ1) is 19.4. The van der Waals surface area contributed by atoms with Gasteiger partial charge in [-0.05, 0) is 25.0 Å². The molecule has 5 rings (SSSR count). The van der Waals surface area contributed by atoms with Crippen molar-refractivity contribution in [2.24, 2.45) is 0 Å². The normalized spacial score (nSPS) is 19.7. The number of amides is 1. The molecule has 9 nitrogen and oxygen atoms in total. The number of hydrogen-bond donors (Lipinski definition) is 1. The zero-order valence-electron chi connectivity index (χ0n) is 15.8. The molecular weight excluding hydrogens is 420 g/mol. The number of anilines is 2. The molecule has 1 N–H and O–H groups in total. The summed E-state index contributed by atoms with van der Waals surface area (Å²) in [5.41, 5.74) is 0.346. The van der Waals surface area contributed by atoms with Crippen LogP contribution < -0.4 is 19.7 Å². The Morgan fingerprint density at radius 2 is 1.97 bits per heavy atom. The molecule has 2 aliphatic heterocycles. The average molecular weight is 439 g/mol. The van der Waals surface area contributed by atoms with E-state index in [9.17, 15) is 13.6 Å². The lowest BCUT2D eigenvalue weighted by molar-refractivity contribution is -0.286. The van der Waals surface area contributed by atoms with Crippen molar-refractivity contribution in [1.29, 1.82) is 0 Å². The van der Waals surface area contributed by atoms with Crippen LogP contribution in [0.15, 0.2) is 23.4 Å². The number of thioether (sulfide) groups is 1. The van der Waals surface area contributed by atoms with Crippen molar-refractivity contribution in [1.82, 2.24) is 14.8 Å². The smallest absolute Gasteiger partial charge is 0.395 e. The quantitative estimate of drug-likeness (QED) is 0.687. The molecule has 1 aliphatic carbocycles. The molecule has 3 aliphatic rings. The van der Waals surface area contributed by atoms with Crippen molar-refractivity contribution in [3.05, 3.63) is 18.2 Å². The van der Waals surface area contributed by atoms with Gasteiger partial charge in [-0.2, -0.15) is 0 Å². The highest BCUT2D eigenvalue weighted by molar-refractivity contribution is 7.99. The Hall–Kier alpha value is -2.60. The summed E-state index contributed by atoms with van der Waals surface area (Å²) in [6, 6.07) is 4.48. The number of halogens is 2. The van der Waals surface area contributed by atoms with E-state index >= 15 is 0 Å². The fourth-order valence-electron chi connectivity index (χ4n) is 3.35. The molecule has 1 amide bonds. The Morgan fingerprint density at radius 1 is 1.20 bits per heavy atom. The highest BCUT2D eigenvalue weighted by atomic mass is 32.2. The van der Waals surface area contributed by atoms with Crippen LogP contribution in [0.1, 0.15) is 18.9 Å². The zero-order chi connectivity index (χ0) is 20.7. The number of carbonyl (C=O) groups is 1. The van der Waals surface area contributed by atoms with E-state index in [4.69, 9.17) is 4.74 Å². The molecule has 1 aromatic carbocycles. The van der Waals surface area contributed by atoms with Gasteiger partial charge < -0.3 is 24.4 Å². The van der Waals surface area contributed by atoms with E-state index in [1.807, 2.05) is 0 Å². The topological polar surface area (TPSA) is 90.7 Å². The lowest BCUT2D eigenvalue weighted by Crippen LogP contribution is -2.38. The third-order valence-corrected chi connectivity index (χ3v) is 5.81. The summed E-state index contributed by atoms with van der Waals surface area (Å²) in [5, 5.41) is 12.0. The maximum absolute atomic E-state index is 13.1. The minimum Gasteiger partial charge on any atom is -0.395 e. The number of rotatable bonds is 6. The number of fused-ring (bicyclic) bond motifs is 1. The summed E-state index contributed by atoms with van der Waals surface area (Å²) in [7, 11) is 0. The zero-order valence-corrected chi connectivity index (χ0v) is 16.7. The summed E-state index contributed by atoms with van der Waals surface area (Å²) in [4.78, 5) is 14.5. The van der Waals surface area contributed by atoms with E-state index in [0.717, 1.165) is 31.9 Å². The van der Waals surface area contributed by atoms with E-state index in [0.29, 0.717) is 30.1 Å². The number of nitrogens with one attached hydrogen (secondary N) is 1. The Labute approximate surface area is 174 Å². The minimum atomic E-state index is -3.69. The van der Waals surface area contributed by atoms with Gasteiger partial charge in [0.1, 0.15) is 0 Å². The van der Waals surface area contributed by atoms with Gasteiger partial charge in [0.25, 0.3) is 0 Å². The monoisotopic (exact) mass is 439 g/mol. The van der Waals surface area contributed by atoms with Gasteiger partial charge in [-0.25, -0.2) is 0 Å². The number of aromatic nitrogens is 3. The highest BCUT2D eigenvalue weighted by Gasteiger charge is 2.43. The van der Waals surface area contributed by atoms with Crippen LogP contribution in [0.3, 0.4) is 0 Å². The van der Waals surface area contributed by atoms with Crippen LogP contribution in [0, 0.1) is 0 Å². The van der Waals surface area contributed by atoms with Crippen LogP contribution in [0.4, 0.5) is 20.4 Å². The molecule has 0 radical (unpaired) electrons. The third kappa shape index (κ3) is 4.01. The molecule has 1 aromatic heterocycles. The molecule has 30 heavy (non-hydrogen) atoms. The molecule has 3 heterocycles. The minimum absolute atomic E-state index is 0.0689. The maximum Gasteiger partial charge on any atom is 0.586 e.